The molecule has 1 unspecified atom stereocenters. The van der Waals surface area contributed by atoms with E-state index in [0.29, 0.717) is 39.3 Å². The van der Waals surface area contributed by atoms with E-state index in [1.165, 1.54) is 4.88 Å². The van der Waals surface area contributed by atoms with E-state index in [0.717, 1.165) is 47.6 Å². The highest BCUT2D eigenvalue weighted by Crippen LogP contribution is 2.42. The van der Waals surface area contributed by atoms with Gasteiger partial charge in [-0.25, -0.2) is 0 Å². The van der Waals surface area contributed by atoms with Gasteiger partial charge in [0.1, 0.15) is 0 Å². The fourth-order valence-electron chi connectivity index (χ4n) is 5.16. The number of ketones is 1. The fraction of sp³-hybridized carbons (Fsp3) is 0.276. The fourth-order valence-corrected chi connectivity index (χ4v) is 6.39. The van der Waals surface area contributed by atoms with Gasteiger partial charge in [0, 0.05) is 10.4 Å². The summed E-state index contributed by atoms with van der Waals surface area (Å²) in [6, 6.07) is 18.0. The van der Waals surface area contributed by atoms with E-state index < -0.39 is 0 Å². The zero-order chi connectivity index (χ0) is 24.5. The van der Waals surface area contributed by atoms with E-state index in [1.54, 1.807) is 32.7 Å². The Hall–Kier alpha value is -3.51. The molecule has 5 nitrogen and oxygen atoms in total. The van der Waals surface area contributed by atoms with Gasteiger partial charge in [0.2, 0.25) is 5.75 Å². The molecule has 1 aliphatic rings. The Bertz CT molecular complexity index is 1380. The van der Waals surface area contributed by atoms with Crippen molar-refractivity contribution in [1.82, 2.24) is 0 Å². The Labute approximate surface area is 209 Å². The summed E-state index contributed by atoms with van der Waals surface area (Å²) in [5.41, 5.74) is 10.1. The van der Waals surface area contributed by atoms with Crippen LogP contribution in [0.15, 0.2) is 54.6 Å². The van der Waals surface area contributed by atoms with Gasteiger partial charge in [-0.2, -0.15) is 0 Å². The summed E-state index contributed by atoms with van der Waals surface area (Å²) in [5.74, 6) is 2.41. The summed E-state index contributed by atoms with van der Waals surface area (Å²) < 4.78 is 16.5. The molecule has 0 aliphatic heterocycles. The molecule has 0 bridgehead atoms. The van der Waals surface area contributed by atoms with Crippen LogP contribution in [0, 0.1) is 5.92 Å². The summed E-state index contributed by atoms with van der Waals surface area (Å²) in [7, 11) is 4.88. The van der Waals surface area contributed by atoms with Crippen LogP contribution < -0.4 is 19.9 Å². The lowest BCUT2D eigenvalue weighted by atomic mass is 9.82. The van der Waals surface area contributed by atoms with Gasteiger partial charge in [-0.05, 0) is 71.7 Å². The molecule has 0 fully saturated rings. The standard InChI is InChI=1S/C29H29NO4S/c1-32-23-13-18(14-24(33-2)28(23)34-3)12-17-8-11-22-25(15-17)35-29(30)26(22)27(31)21-10-9-19-6-4-5-7-20(19)16-21/h4-7,9-10,13-14,16-17H,8,11-12,15,30H2,1-3H3. The quantitative estimate of drug-likeness (QED) is 0.320. The smallest absolute Gasteiger partial charge is 0.203 e. The van der Waals surface area contributed by atoms with Crippen LogP contribution in [0.2, 0.25) is 0 Å². The first kappa shape index (κ1) is 23.2. The van der Waals surface area contributed by atoms with E-state index in [2.05, 4.69) is 6.07 Å². The number of nitrogens with two attached hydrogens (primary N) is 1. The lowest BCUT2D eigenvalue weighted by Crippen LogP contribution is -2.17. The Morgan fingerprint density at radius 2 is 1.69 bits per heavy atom. The van der Waals surface area contributed by atoms with Gasteiger partial charge in [-0.3, -0.25) is 4.79 Å². The first-order valence-electron chi connectivity index (χ1n) is 11.7. The Morgan fingerprint density at radius 3 is 2.37 bits per heavy atom. The van der Waals surface area contributed by atoms with Crippen molar-refractivity contribution in [3.8, 4) is 17.2 Å². The first-order valence-corrected chi connectivity index (χ1v) is 12.6. The minimum atomic E-state index is 0.0221. The monoisotopic (exact) mass is 487 g/mol. The molecule has 0 amide bonds. The summed E-state index contributed by atoms with van der Waals surface area (Å²) in [6.07, 6.45) is 3.65. The third kappa shape index (κ3) is 4.34. The SMILES string of the molecule is COc1cc(CC2CCc3c(sc(N)c3C(=O)c3ccc4ccccc4c3)C2)cc(OC)c1OC. The molecule has 0 radical (unpaired) electrons. The maximum Gasteiger partial charge on any atom is 0.203 e. The molecule has 1 heterocycles. The topological polar surface area (TPSA) is 70.8 Å². The molecule has 1 aromatic heterocycles. The molecule has 2 N–H and O–H groups in total. The summed E-state index contributed by atoms with van der Waals surface area (Å²) in [6.45, 7) is 0. The number of carbonyl (C=O) groups excluding carboxylic acids is 1. The molecule has 4 aromatic rings. The second-order valence-electron chi connectivity index (χ2n) is 8.98. The largest absolute Gasteiger partial charge is 0.493 e. The molecule has 5 rings (SSSR count). The number of fused-ring (bicyclic) bond motifs is 2. The lowest BCUT2D eigenvalue weighted by molar-refractivity contribution is 0.103. The van der Waals surface area contributed by atoms with E-state index >= 15 is 0 Å². The molecule has 0 spiro atoms. The Morgan fingerprint density at radius 1 is 0.971 bits per heavy atom. The second-order valence-corrected chi connectivity index (χ2v) is 10.1. The van der Waals surface area contributed by atoms with Crippen molar-refractivity contribution >= 4 is 32.9 Å². The van der Waals surface area contributed by atoms with Gasteiger partial charge in [0.05, 0.1) is 31.9 Å². The van der Waals surface area contributed by atoms with Gasteiger partial charge in [-0.1, -0.05) is 36.4 Å². The average Bonchev–Trinajstić information content (AvgIpc) is 3.22. The molecule has 0 saturated heterocycles. The van der Waals surface area contributed by atoms with Crippen molar-refractivity contribution in [2.24, 2.45) is 5.92 Å². The van der Waals surface area contributed by atoms with Gasteiger partial charge < -0.3 is 19.9 Å². The zero-order valence-corrected chi connectivity index (χ0v) is 21.0. The third-order valence-corrected chi connectivity index (χ3v) is 7.97. The van der Waals surface area contributed by atoms with Crippen molar-refractivity contribution in [2.45, 2.75) is 25.7 Å². The van der Waals surface area contributed by atoms with Crippen LogP contribution in [0.25, 0.3) is 10.8 Å². The van der Waals surface area contributed by atoms with Gasteiger partial charge >= 0.3 is 0 Å². The number of nitrogen functional groups attached to an aromatic ring is 1. The Kier molecular flexibility index (Phi) is 6.39. The van der Waals surface area contributed by atoms with Crippen molar-refractivity contribution in [1.29, 1.82) is 0 Å². The van der Waals surface area contributed by atoms with E-state index in [4.69, 9.17) is 19.9 Å². The minimum Gasteiger partial charge on any atom is -0.493 e. The highest BCUT2D eigenvalue weighted by Gasteiger charge is 2.29. The summed E-state index contributed by atoms with van der Waals surface area (Å²) in [5, 5.41) is 2.81. The number of methoxy groups -OCH3 is 3. The van der Waals surface area contributed by atoms with Crippen LogP contribution in [0.5, 0.6) is 17.2 Å². The zero-order valence-electron chi connectivity index (χ0n) is 20.2. The van der Waals surface area contributed by atoms with Crippen molar-refractivity contribution in [3.05, 3.63) is 81.7 Å². The first-order chi connectivity index (χ1) is 17.0. The molecular formula is C29H29NO4S. The van der Waals surface area contributed by atoms with E-state index in [-0.39, 0.29) is 5.78 Å². The number of rotatable bonds is 7. The third-order valence-electron chi connectivity index (χ3n) is 6.88. The lowest BCUT2D eigenvalue weighted by Gasteiger charge is -2.23. The predicted octanol–water partition coefficient (Wildman–Crippen LogP) is 6.09. The number of hydrogen-bond donors (Lipinski definition) is 1. The van der Waals surface area contributed by atoms with Crippen molar-refractivity contribution < 1.29 is 19.0 Å². The maximum atomic E-state index is 13.5. The molecule has 1 aliphatic carbocycles. The van der Waals surface area contributed by atoms with Gasteiger partial charge in [-0.15, -0.1) is 11.3 Å². The van der Waals surface area contributed by atoms with Gasteiger partial charge in [0.15, 0.2) is 17.3 Å². The average molecular weight is 488 g/mol. The van der Waals surface area contributed by atoms with Crippen molar-refractivity contribution in [3.63, 3.8) is 0 Å². The van der Waals surface area contributed by atoms with Crippen LogP contribution in [-0.2, 0) is 19.3 Å². The normalized spacial score (nSPS) is 15.0. The molecule has 35 heavy (non-hydrogen) atoms. The summed E-state index contributed by atoms with van der Waals surface area (Å²) in [4.78, 5) is 14.7. The highest BCUT2D eigenvalue weighted by atomic mass is 32.1. The van der Waals surface area contributed by atoms with Crippen LogP contribution in [0.1, 0.15) is 38.3 Å². The molecule has 180 valence electrons. The van der Waals surface area contributed by atoms with E-state index in [1.807, 2.05) is 48.5 Å². The number of ether oxygens (including phenoxy) is 3. The van der Waals surface area contributed by atoms with Crippen LogP contribution >= 0.6 is 11.3 Å². The van der Waals surface area contributed by atoms with Crippen LogP contribution in [0.3, 0.4) is 0 Å². The number of anilines is 1. The Balaban J connectivity index is 1.39. The molecular weight excluding hydrogens is 458 g/mol. The van der Waals surface area contributed by atoms with Crippen molar-refractivity contribution in [2.75, 3.05) is 27.1 Å². The number of hydrogen-bond acceptors (Lipinski definition) is 6. The van der Waals surface area contributed by atoms with Crippen LogP contribution in [0.4, 0.5) is 5.00 Å². The second kappa shape index (κ2) is 9.62. The predicted molar refractivity (Wildman–Crippen MR) is 141 cm³/mol. The highest BCUT2D eigenvalue weighted by molar-refractivity contribution is 7.16. The number of benzene rings is 3. The minimum absolute atomic E-state index is 0.0221. The maximum absolute atomic E-state index is 13.5. The van der Waals surface area contributed by atoms with Crippen LogP contribution in [-0.4, -0.2) is 27.1 Å². The van der Waals surface area contributed by atoms with E-state index in [9.17, 15) is 4.79 Å². The molecule has 0 saturated carbocycles. The molecule has 3 aromatic carbocycles. The number of thiophene rings is 1. The number of carbonyl (C=O) groups is 1. The summed E-state index contributed by atoms with van der Waals surface area (Å²) >= 11 is 1.57. The molecule has 6 heteroatoms. The van der Waals surface area contributed by atoms with Gasteiger partial charge in [0.25, 0.3) is 0 Å². The molecule has 1 atom stereocenters.